The molecule has 4 aliphatic rings. The van der Waals surface area contributed by atoms with Crippen LogP contribution in [0.5, 0.6) is 0 Å². The summed E-state index contributed by atoms with van der Waals surface area (Å²) in [4.78, 5) is 24.4. The molecule has 5 heterocycles. The topological polar surface area (TPSA) is 75.4 Å². The van der Waals surface area contributed by atoms with E-state index in [1.165, 1.54) is 6.20 Å². The van der Waals surface area contributed by atoms with Gasteiger partial charge in [-0.25, -0.2) is 13.8 Å². The molecule has 2 bridgehead atoms. The van der Waals surface area contributed by atoms with Crippen LogP contribution in [0.3, 0.4) is 0 Å². The van der Waals surface area contributed by atoms with Crippen LogP contribution in [-0.4, -0.2) is 57.0 Å². The van der Waals surface area contributed by atoms with Crippen LogP contribution in [0.4, 0.5) is 27.8 Å². The number of aromatic nitrogens is 3. The predicted octanol–water partition coefficient (Wildman–Crippen LogP) is 3.77. The lowest BCUT2D eigenvalue weighted by molar-refractivity contribution is -0.159. The van der Waals surface area contributed by atoms with Gasteiger partial charge in [0.25, 0.3) is 0 Å². The zero-order valence-electron chi connectivity index (χ0n) is 16.9. The molecule has 0 radical (unpaired) electrons. The SMILES string of the molecule is O=C(C1CCC(F)(F)CC1)N1C2CC1CN(c1ccc(-c3noc(C(F)(F)F)n3)cn1)C2. The molecule has 0 spiro atoms. The van der Waals surface area contributed by atoms with Crippen molar-refractivity contribution >= 4 is 11.7 Å². The number of carbonyl (C=O) groups excluding carboxylic acids is 1. The van der Waals surface area contributed by atoms with Gasteiger partial charge in [-0.15, -0.1) is 0 Å². The van der Waals surface area contributed by atoms with Crippen LogP contribution in [0.25, 0.3) is 11.4 Å². The standard InChI is InChI=1S/C20H20F5N5O2/c21-19(22)5-3-11(4-6-19)17(31)30-13-7-14(30)10-29(9-13)15-2-1-12(8-26-15)16-27-18(32-28-16)20(23,24)25/h1-2,8,11,13-14H,3-7,9-10H2. The third kappa shape index (κ3) is 3.79. The molecular formula is C20H20F5N5O2. The lowest BCUT2D eigenvalue weighted by Crippen LogP contribution is -2.71. The lowest BCUT2D eigenvalue weighted by atomic mass is 9.81. The van der Waals surface area contributed by atoms with Crippen molar-refractivity contribution in [2.75, 3.05) is 18.0 Å². The van der Waals surface area contributed by atoms with Crippen molar-refractivity contribution in [1.82, 2.24) is 20.0 Å². The number of piperidine rings is 1. The van der Waals surface area contributed by atoms with E-state index in [-0.39, 0.29) is 55.4 Å². The maximum absolute atomic E-state index is 13.4. The summed E-state index contributed by atoms with van der Waals surface area (Å²) in [7, 11) is 0. The van der Waals surface area contributed by atoms with Crippen LogP contribution < -0.4 is 4.90 Å². The van der Waals surface area contributed by atoms with E-state index in [2.05, 4.69) is 19.6 Å². The molecule has 172 valence electrons. The van der Waals surface area contributed by atoms with Crippen LogP contribution in [-0.2, 0) is 11.0 Å². The van der Waals surface area contributed by atoms with E-state index in [9.17, 15) is 26.7 Å². The molecule has 3 aliphatic heterocycles. The first-order chi connectivity index (χ1) is 15.1. The zero-order chi connectivity index (χ0) is 22.7. The molecule has 4 fully saturated rings. The van der Waals surface area contributed by atoms with Crippen molar-refractivity contribution < 1.29 is 31.3 Å². The van der Waals surface area contributed by atoms with E-state index in [0.717, 1.165) is 6.42 Å². The number of amides is 1. The Morgan fingerprint density at radius 2 is 1.81 bits per heavy atom. The summed E-state index contributed by atoms with van der Waals surface area (Å²) >= 11 is 0. The average Bonchev–Trinajstić information content (AvgIpc) is 3.25. The molecule has 0 aromatic carbocycles. The van der Waals surface area contributed by atoms with Gasteiger partial charge in [-0.2, -0.15) is 18.2 Å². The average molecular weight is 457 g/mol. The van der Waals surface area contributed by atoms with Crippen molar-refractivity contribution in [3.8, 4) is 11.4 Å². The van der Waals surface area contributed by atoms with Gasteiger partial charge in [-0.3, -0.25) is 4.79 Å². The second-order valence-electron chi connectivity index (χ2n) is 8.65. The molecule has 0 N–H and O–H groups in total. The number of hydrogen-bond acceptors (Lipinski definition) is 6. The molecule has 2 aromatic heterocycles. The van der Waals surface area contributed by atoms with E-state index in [4.69, 9.17) is 0 Å². The highest BCUT2D eigenvalue weighted by Crippen LogP contribution is 2.41. The number of carbonyl (C=O) groups is 1. The highest BCUT2D eigenvalue weighted by Gasteiger charge is 2.50. The number of halogens is 5. The van der Waals surface area contributed by atoms with Crippen LogP contribution in [0, 0.1) is 5.92 Å². The summed E-state index contributed by atoms with van der Waals surface area (Å²) < 4.78 is 68.9. The van der Waals surface area contributed by atoms with Crippen molar-refractivity contribution in [3.05, 3.63) is 24.2 Å². The fourth-order valence-corrected chi connectivity index (χ4v) is 4.82. The third-order valence-corrected chi connectivity index (χ3v) is 6.51. The van der Waals surface area contributed by atoms with Gasteiger partial charge in [0.2, 0.25) is 17.7 Å². The Morgan fingerprint density at radius 3 is 2.38 bits per heavy atom. The number of nitrogens with zero attached hydrogens (tertiary/aromatic N) is 5. The Balaban J connectivity index is 1.21. The Bertz CT molecular complexity index is 987. The van der Waals surface area contributed by atoms with Crippen molar-refractivity contribution in [1.29, 1.82) is 0 Å². The molecule has 7 nitrogen and oxygen atoms in total. The zero-order valence-corrected chi connectivity index (χ0v) is 16.9. The van der Waals surface area contributed by atoms with Gasteiger partial charge < -0.3 is 14.3 Å². The van der Waals surface area contributed by atoms with E-state index < -0.39 is 18.0 Å². The molecule has 1 amide bonds. The third-order valence-electron chi connectivity index (χ3n) is 6.51. The van der Waals surface area contributed by atoms with E-state index in [0.29, 0.717) is 24.5 Å². The Labute approximate surface area is 179 Å². The molecule has 3 saturated heterocycles. The fourth-order valence-electron chi connectivity index (χ4n) is 4.82. The smallest absolute Gasteiger partial charge is 0.352 e. The summed E-state index contributed by atoms with van der Waals surface area (Å²) in [5.74, 6) is -4.01. The minimum Gasteiger partial charge on any atom is -0.352 e. The lowest BCUT2D eigenvalue weighted by Gasteiger charge is -2.57. The molecule has 2 unspecified atom stereocenters. The first-order valence-corrected chi connectivity index (χ1v) is 10.4. The second kappa shape index (κ2) is 7.38. The maximum atomic E-state index is 13.4. The van der Waals surface area contributed by atoms with Gasteiger partial charge in [0.05, 0.1) is 12.1 Å². The monoisotopic (exact) mass is 457 g/mol. The van der Waals surface area contributed by atoms with Crippen LogP contribution >= 0.6 is 0 Å². The minimum atomic E-state index is -4.71. The van der Waals surface area contributed by atoms with E-state index in [1.807, 2.05) is 9.80 Å². The summed E-state index contributed by atoms with van der Waals surface area (Å²) in [5.41, 5.74) is 0.293. The molecule has 1 saturated carbocycles. The maximum Gasteiger partial charge on any atom is 0.471 e. The number of piperazine rings is 1. The molecule has 6 rings (SSSR count). The molecule has 2 aromatic rings. The number of alkyl halides is 5. The first-order valence-electron chi connectivity index (χ1n) is 10.4. The van der Waals surface area contributed by atoms with Crippen LogP contribution in [0.2, 0.25) is 0 Å². The number of anilines is 1. The molecule has 12 heteroatoms. The number of hydrogen-bond donors (Lipinski definition) is 0. The largest absolute Gasteiger partial charge is 0.471 e. The predicted molar refractivity (Wildman–Crippen MR) is 101 cm³/mol. The van der Waals surface area contributed by atoms with Gasteiger partial charge in [-0.05, 0) is 31.4 Å². The minimum absolute atomic E-state index is 0.0108. The summed E-state index contributed by atoms with van der Waals surface area (Å²) in [6.45, 7) is 1.13. The van der Waals surface area contributed by atoms with Gasteiger partial charge in [-0.1, -0.05) is 5.16 Å². The molecule has 1 aliphatic carbocycles. The van der Waals surface area contributed by atoms with Crippen molar-refractivity contribution in [2.24, 2.45) is 5.92 Å². The summed E-state index contributed by atoms with van der Waals surface area (Å²) in [5, 5.41) is 3.35. The van der Waals surface area contributed by atoms with Gasteiger partial charge >= 0.3 is 12.1 Å². The highest BCUT2D eigenvalue weighted by atomic mass is 19.4. The van der Waals surface area contributed by atoms with Gasteiger partial charge in [0.1, 0.15) is 5.82 Å². The van der Waals surface area contributed by atoms with Crippen LogP contribution in [0.15, 0.2) is 22.9 Å². The highest BCUT2D eigenvalue weighted by molar-refractivity contribution is 5.81. The van der Waals surface area contributed by atoms with Crippen LogP contribution in [0.1, 0.15) is 38.0 Å². The van der Waals surface area contributed by atoms with E-state index >= 15 is 0 Å². The Morgan fingerprint density at radius 1 is 1.12 bits per heavy atom. The molecule has 32 heavy (non-hydrogen) atoms. The van der Waals surface area contributed by atoms with Crippen molar-refractivity contribution in [3.63, 3.8) is 0 Å². The molecular weight excluding hydrogens is 437 g/mol. The summed E-state index contributed by atoms with van der Waals surface area (Å²) in [6.07, 6.45) is -2.49. The van der Waals surface area contributed by atoms with Gasteiger partial charge in [0.15, 0.2) is 0 Å². The second-order valence-corrected chi connectivity index (χ2v) is 8.65. The summed E-state index contributed by atoms with van der Waals surface area (Å²) in [6, 6.07) is 3.26. The fraction of sp³-hybridized carbons (Fsp3) is 0.600. The number of fused-ring (bicyclic) bond motifs is 2. The van der Waals surface area contributed by atoms with E-state index in [1.54, 1.807) is 12.1 Å². The Kier molecular flexibility index (Phi) is 4.86. The number of pyridine rings is 1. The van der Waals surface area contributed by atoms with Crippen molar-refractivity contribution in [2.45, 2.75) is 56.3 Å². The molecule has 2 atom stereocenters. The Hall–Kier alpha value is -2.79. The quantitative estimate of drug-likeness (QED) is 0.654. The van der Waals surface area contributed by atoms with Gasteiger partial charge in [0, 0.05) is 43.6 Å². The normalized spacial score (nSPS) is 25.5. The first kappa shape index (κ1) is 21.1. The number of rotatable bonds is 3.